The van der Waals surface area contributed by atoms with Crippen molar-refractivity contribution in [2.45, 2.75) is 32.8 Å². The molecule has 0 aliphatic carbocycles. The second kappa shape index (κ2) is 7.80. The van der Waals surface area contributed by atoms with E-state index < -0.39 is 5.60 Å². The van der Waals surface area contributed by atoms with E-state index in [1.807, 2.05) is 63.2 Å². The second-order valence-corrected chi connectivity index (χ2v) is 8.23. The van der Waals surface area contributed by atoms with Crippen LogP contribution in [0.3, 0.4) is 0 Å². The van der Waals surface area contributed by atoms with Gasteiger partial charge in [0.2, 0.25) is 5.88 Å². The third kappa shape index (κ3) is 4.28. The summed E-state index contributed by atoms with van der Waals surface area (Å²) in [6, 6.07) is 15.5. The summed E-state index contributed by atoms with van der Waals surface area (Å²) >= 11 is 0. The molecule has 0 saturated carbocycles. The molecule has 30 heavy (non-hydrogen) atoms. The molecule has 0 aliphatic heterocycles. The standard InChI is InChI=1S/C24H25N3O3/c1-24(2,3)30-23(28)19-14-26-21-8-6-17(13-18(19)21)29-22-9-5-16-12-15(10-11-25)4-7-20(16)27-22/h4-9,12-14,26H,10-11,25H2,1-3H3. The third-order valence-corrected chi connectivity index (χ3v) is 4.66. The van der Waals surface area contributed by atoms with Crippen molar-refractivity contribution < 1.29 is 14.3 Å². The van der Waals surface area contributed by atoms with E-state index in [9.17, 15) is 4.79 Å². The van der Waals surface area contributed by atoms with Gasteiger partial charge in [0.25, 0.3) is 0 Å². The van der Waals surface area contributed by atoms with E-state index in [0.717, 1.165) is 28.2 Å². The van der Waals surface area contributed by atoms with Gasteiger partial charge in [0.1, 0.15) is 11.4 Å². The SMILES string of the molecule is CC(C)(C)OC(=O)c1c[nH]c2ccc(Oc3ccc4cc(CCN)ccc4n3)cc12. The van der Waals surface area contributed by atoms with Gasteiger partial charge in [-0.25, -0.2) is 9.78 Å². The number of aromatic nitrogens is 2. The Hall–Kier alpha value is -3.38. The van der Waals surface area contributed by atoms with Crippen molar-refractivity contribution in [2.24, 2.45) is 5.73 Å². The van der Waals surface area contributed by atoms with Crippen molar-refractivity contribution in [3.8, 4) is 11.6 Å². The number of hydrogen-bond donors (Lipinski definition) is 2. The molecule has 0 saturated heterocycles. The van der Waals surface area contributed by atoms with Crippen molar-refractivity contribution in [2.75, 3.05) is 6.54 Å². The number of nitrogens with zero attached hydrogens (tertiary/aromatic N) is 1. The minimum atomic E-state index is -0.562. The molecule has 154 valence electrons. The van der Waals surface area contributed by atoms with E-state index >= 15 is 0 Å². The molecule has 0 amide bonds. The fourth-order valence-corrected chi connectivity index (χ4v) is 3.32. The first kappa shape index (κ1) is 19.9. The van der Waals surface area contributed by atoms with Crippen LogP contribution in [0.5, 0.6) is 11.6 Å². The highest BCUT2D eigenvalue weighted by atomic mass is 16.6. The highest BCUT2D eigenvalue weighted by Gasteiger charge is 2.21. The number of esters is 1. The maximum atomic E-state index is 12.5. The molecule has 4 rings (SSSR count). The molecule has 6 nitrogen and oxygen atoms in total. The summed E-state index contributed by atoms with van der Waals surface area (Å²) in [6.07, 6.45) is 2.50. The minimum Gasteiger partial charge on any atom is -0.456 e. The Bertz CT molecular complexity index is 1220. The molecule has 0 spiro atoms. The Balaban J connectivity index is 1.61. The molecule has 0 unspecified atom stereocenters. The number of H-pyrrole nitrogens is 1. The van der Waals surface area contributed by atoms with Gasteiger partial charge in [-0.1, -0.05) is 6.07 Å². The summed E-state index contributed by atoms with van der Waals surface area (Å²) in [7, 11) is 0. The fourth-order valence-electron chi connectivity index (χ4n) is 3.32. The first-order chi connectivity index (χ1) is 14.3. The second-order valence-electron chi connectivity index (χ2n) is 8.23. The highest BCUT2D eigenvalue weighted by Crippen LogP contribution is 2.29. The average Bonchev–Trinajstić information content (AvgIpc) is 3.10. The molecule has 0 fully saturated rings. The van der Waals surface area contributed by atoms with Gasteiger partial charge in [0.05, 0.1) is 11.1 Å². The maximum absolute atomic E-state index is 12.5. The van der Waals surface area contributed by atoms with Crippen molar-refractivity contribution in [1.82, 2.24) is 9.97 Å². The molecule has 2 aromatic carbocycles. The third-order valence-electron chi connectivity index (χ3n) is 4.66. The topological polar surface area (TPSA) is 90.2 Å². The van der Waals surface area contributed by atoms with Crippen LogP contribution in [0.4, 0.5) is 0 Å². The summed E-state index contributed by atoms with van der Waals surface area (Å²) < 4.78 is 11.5. The van der Waals surface area contributed by atoms with Gasteiger partial charge in [-0.05, 0) is 75.7 Å². The fraction of sp³-hybridized carbons (Fsp3) is 0.250. The Morgan fingerprint density at radius 1 is 1.10 bits per heavy atom. The van der Waals surface area contributed by atoms with Gasteiger partial charge in [-0.2, -0.15) is 0 Å². The summed E-state index contributed by atoms with van der Waals surface area (Å²) in [5.74, 6) is 0.712. The van der Waals surface area contributed by atoms with Crippen molar-refractivity contribution in [1.29, 1.82) is 0 Å². The van der Waals surface area contributed by atoms with Crippen molar-refractivity contribution in [3.63, 3.8) is 0 Å². The Morgan fingerprint density at radius 2 is 1.93 bits per heavy atom. The molecular formula is C24H25N3O3. The number of pyridine rings is 1. The van der Waals surface area contributed by atoms with E-state index in [1.54, 1.807) is 6.20 Å². The van der Waals surface area contributed by atoms with Crippen LogP contribution >= 0.6 is 0 Å². The number of benzene rings is 2. The number of carbonyl (C=O) groups excluding carboxylic acids is 1. The van der Waals surface area contributed by atoms with Crippen LogP contribution < -0.4 is 10.5 Å². The number of ether oxygens (including phenoxy) is 2. The molecule has 3 N–H and O–H groups in total. The van der Waals surface area contributed by atoms with Crippen LogP contribution in [0.15, 0.2) is 54.7 Å². The molecule has 2 aromatic heterocycles. The van der Waals surface area contributed by atoms with Crippen LogP contribution in [0.25, 0.3) is 21.8 Å². The van der Waals surface area contributed by atoms with Crippen LogP contribution in [0.1, 0.15) is 36.7 Å². The molecule has 0 aliphatic rings. The molecular weight excluding hydrogens is 378 g/mol. The number of aromatic amines is 1. The molecule has 0 bridgehead atoms. The van der Waals surface area contributed by atoms with E-state index in [2.05, 4.69) is 16.0 Å². The van der Waals surface area contributed by atoms with Crippen LogP contribution in [0.2, 0.25) is 0 Å². The van der Waals surface area contributed by atoms with E-state index in [0.29, 0.717) is 23.7 Å². The number of nitrogens with two attached hydrogens (primary N) is 1. The first-order valence-electron chi connectivity index (χ1n) is 9.94. The Labute approximate surface area is 175 Å². The zero-order valence-corrected chi connectivity index (χ0v) is 17.4. The van der Waals surface area contributed by atoms with E-state index in [4.69, 9.17) is 15.2 Å². The summed E-state index contributed by atoms with van der Waals surface area (Å²) in [4.78, 5) is 20.2. The lowest BCUT2D eigenvalue weighted by Crippen LogP contribution is -2.23. The Kier molecular flexibility index (Phi) is 5.18. The van der Waals surface area contributed by atoms with E-state index in [-0.39, 0.29) is 5.97 Å². The van der Waals surface area contributed by atoms with Crippen LogP contribution in [-0.4, -0.2) is 28.1 Å². The summed E-state index contributed by atoms with van der Waals surface area (Å²) in [5.41, 5.74) is 8.43. The molecule has 2 heterocycles. The zero-order valence-electron chi connectivity index (χ0n) is 17.4. The van der Waals surface area contributed by atoms with Gasteiger partial charge in [-0.15, -0.1) is 0 Å². The maximum Gasteiger partial charge on any atom is 0.340 e. The summed E-state index contributed by atoms with van der Waals surface area (Å²) in [6.45, 7) is 6.16. The predicted octanol–water partition coefficient (Wildman–Crippen LogP) is 4.96. The number of rotatable bonds is 5. The zero-order chi connectivity index (χ0) is 21.3. The minimum absolute atomic E-state index is 0.372. The van der Waals surface area contributed by atoms with Gasteiger partial charge >= 0.3 is 5.97 Å². The first-order valence-corrected chi connectivity index (χ1v) is 9.94. The van der Waals surface area contributed by atoms with Crippen LogP contribution in [-0.2, 0) is 11.2 Å². The van der Waals surface area contributed by atoms with E-state index in [1.165, 1.54) is 5.56 Å². The van der Waals surface area contributed by atoms with Crippen LogP contribution in [0, 0.1) is 0 Å². The molecule has 4 aromatic rings. The van der Waals surface area contributed by atoms with Crippen molar-refractivity contribution >= 4 is 27.8 Å². The van der Waals surface area contributed by atoms with Crippen molar-refractivity contribution in [3.05, 3.63) is 65.9 Å². The average molecular weight is 403 g/mol. The molecule has 0 radical (unpaired) electrons. The number of carbonyl (C=O) groups is 1. The Morgan fingerprint density at radius 3 is 2.70 bits per heavy atom. The normalized spacial score (nSPS) is 11.7. The molecule has 6 heteroatoms. The van der Waals surface area contributed by atoms with Gasteiger partial charge in [-0.3, -0.25) is 0 Å². The largest absolute Gasteiger partial charge is 0.456 e. The number of hydrogen-bond acceptors (Lipinski definition) is 5. The lowest BCUT2D eigenvalue weighted by molar-refractivity contribution is 0.00719. The van der Waals surface area contributed by atoms with Gasteiger partial charge < -0.3 is 20.2 Å². The number of fused-ring (bicyclic) bond motifs is 2. The van der Waals surface area contributed by atoms with Gasteiger partial charge in [0, 0.05) is 28.6 Å². The highest BCUT2D eigenvalue weighted by molar-refractivity contribution is 6.04. The quantitative estimate of drug-likeness (QED) is 0.459. The molecule has 0 atom stereocenters. The number of nitrogens with one attached hydrogen (secondary N) is 1. The smallest absolute Gasteiger partial charge is 0.340 e. The van der Waals surface area contributed by atoms with Gasteiger partial charge in [0.15, 0.2) is 0 Å². The lowest BCUT2D eigenvalue weighted by Gasteiger charge is -2.19. The summed E-state index contributed by atoms with van der Waals surface area (Å²) in [5, 5.41) is 1.79. The lowest BCUT2D eigenvalue weighted by atomic mass is 10.1. The predicted molar refractivity (Wildman–Crippen MR) is 118 cm³/mol. The monoisotopic (exact) mass is 403 g/mol.